The van der Waals surface area contributed by atoms with Gasteiger partial charge in [-0.3, -0.25) is 0 Å². The van der Waals surface area contributed by atoms with Gasteiger partial charge in [0.15, 0.2) is 11.4 Å². The van der Waals surface area contributed by atoms with Crippen molar-refractivity contribution in [2.75, 3.05) is 0 Å². The highest BCUT2D eigenvalue weighted by atomic mass is 15.0. The molecule has 0 fully saturated rings. The van der Waals surface area contributed by atoms with Gasteiger partial charge in [0.25, 0.3) is 0 Å². The standard InChI is InChI=1S/C50H29N5/c1-51-33-25-27-39-38-17-3-7-19-43(38)54(49(39)30-33)34-14-11-13-32(29-34)41-31-35(26-28-42(41)52-2)53-46-22-10-6-18-40(46)50-47(53)23-12-24-48(50)55-44-20-8-4-15-36(44)37-16-5-9-21-45(37)55/h3-31H. The van der Waals surface area contributed by atoms with E-state index in [1.807, 2.05) is 24.3 Å². The van der Waals surface area contributed by atoms with Crippen LogP contribution in [-0.2, 0) is 0 Å². The van der Waals surface area contributed by atoms with Crippen molar-refractivity contribution in [2.24, 2.45) is 0 Å². The molecule has 0 aliphatic carbocycles. The van der Waals surface area contributed by atoms with Gasteiger partial charge in [-0.2, -0.15) is 0 Å². The summed E-state index contributed by atoms with van der Waals surface area (Å²) in [5, 5.41) is 7.03. The average Bonchev–Trinajstić information content (AvgIpc) is 3.89. The zero-order valence-corrected chi connectivity index (χ0v) is 29.5. The molecule has 0 unspecified atom stereocenters. The average molecular weight is 700 g/mol. The van der Waals surface area contributed by atoms with Crippen molar-refractivity contribution in [1.82, 2.24) is 13.7 Å². The highest BCUT2D eigenvalue weighted by molar-refractivity contribution is 6.16. The minimum Gasteiger partial charge on any atom is -0.310 e. The van der Waals surface area contributed by atoms with Crippen molar-refractivity contribution < 1.29 is 0 Å². The van der Waals surface area contributed by atoms with E-state index in [4.69, 9.17) is 13.1 Å². The Kier molecular flexibility index (Phi) is 6.61. The Bertz CT molecular complexity index is 3420. The second-order valence-electron chi connectivity index (χ2n) is 13.9. The molecule has 55 heavy (non-hydrogen) atoms. The molecule has 0 aliphatic rings. The molecule has 3 heterocycles. The summed E-state index contributed by atoms with van der Waals surface area (Å²) in [5.41, 5.74) is 12.7. The largest absolute Gasteiger partial charge is 0.310 e. The Hall–Kier alpha value is -7.86. The normalized spacial score (nSPS) is 11.6. The van der Waals surface area contributed by atoms with Gasteiger partial charge in [-0.05, 0) is 77.9 Å². The SMILES string of the molecule is [C-]#[N+]c1ccc2c3ccccc3n(-c3cccc(-c4cc(-n5c6ccccc6c6c(-n7c8ccccc8c8ccccc87)cccc65)ccc4[N+]#[C-])c3)c2c1. The maximum Gasteiger partial charge on any atom is 0.195 e. The van der Waals surface area contributed by atoms with Crippen LogP contribution < -0.4 is 0 Å². The molecule has 0 N–H and O–H groups in total. The fourth-order valence-corrected chi connectivity index (χ4v) is 8.76. The summed E-state index contributed by atoms with van der Waals surface area (Å²) in [7, 11) is 0. The number of hydrogen-bond donors (Lipinski definition) is 0. The molecule has 0 saturated carbocycles. The Morgan fingerprint density at radius 2 is 0.909 bits per heavy atom. The predicted octanol–water partition coefficient (Wildman–Crippen LogP) is 13.7. The van der Waals surface area contributed by atoms with Gasteiger partial charge in [0.2, 0.25) is 0 Å². The third-order valence-electron chi connectivity index (χ3n) is 11.1. The van der Waals surface area contributed by atoms with Gasteiger partial charge in [0, 0.05) is 49.2 Å². The summed E-state index contributed by atoms with van der Waals surface area (Å²) in [6, 6.07) is 61.3. The van der Waals surface area contributed by atoms with Crippen molar-refractivity contribution in [3.8, 4) is 28.2 Å². The van der Waals surface area contributed by atoms with Gasteiger partial charge in [-0.25, -0.2) is 9.69 Å². The smallest absolute Gasteiger partial charge is 0.195 e. The van der Waals surface area contributed by atoms with E-state index in [1.54, 1.807) is 0 Å². The van der Waals surface area contributed by atoms with Crippen molar-refractivity contribution in [1.29, 1.82) is 0 Å². The van der Waals surface area contributed by atoms with Crippen LogP contribution in [0.2, 0.25) is 0 Å². The van der Waals surface area contributed by atoms with E-state index in [-0.39, 0.29) is 0 Å². The van der Waals surface area contributed by atoms with E-state index < -0.39 is 0 Å². The van der Waals surface area contributed by atoms with Crippen LogP contribution in [0.3, 0.4) is 0 Å². The van der Waals surface area contributed by atoms with Crippen LogP contribution in [0.25, 0.3) is 103 Å². The number of hydrogen-bond acceptors (Lipinski definition) is 0. The van der Waals surface area contributed by atoms with Crippen LogP contribution >= 0.6 is 0 Å². The molecule has 5 heteroatoms. The van der Waals surface area contributed by atoms with Crippen LogP contribution in [0, 0.1) is 13.1 Å². The second kappa shape index (κ2) is 11.8. The molecule has 254 valence electrons. The lowest BCUT2D eigenvalue weighted by Crippen LogP contribution is -1.97. The molecule has 0 saturated heterocycles. The number of fused-ring (bicyclic) bond motifs is 9. The second-order valence-corrected chi connectivity index (χ2v) is 13.9. The van der Waals surface area contributed by atoms with E-state index in [9.17, 15) is 0 Å². The predicted molar refractivity (Wildman–Crippen MR) is 227 cm³/mol. The van der Waals surface area contributed by atoms with Crippen LogP contribution in [0.4, 0.5) is 11.4 Å². The fourth-order valence-electron chi connectivity index (χ4n) is 8.76. The Morgan fingerprint density at radius 1 is 0.364 bits per heavy atom. The van der Waals surface area contributed by atoms with Gasteiger partial charge in [-0.1, -0.05) is 109 Å². The number of nitrogens with zero attached hydrogens (tertiary/aromatic N) is 5. The van der Waals surface area contributed by atoms with E-state index in [0.29, 0.717) is 11.4 Å². The highest BCUT2D eigenvalue weighted by Gasteiger charge is 2.20. The van der Waals surface area contributed by atoms with E-state index in [0.717, 1.165) is 66.4 Å². The lowest BCUT2D eigenvalue weighted by Gasteiger charge is -2.14. The zero-order valence-electron chi connectivity index (χ0n) is 29.5. The molecule has 0 atom stereocenters. The Balaban J connectivity index is 1.14. The Labute approximate surface area is 316 Å². The number of benzene rings is 8. The molecule has 0 aliphatic heterocycles. The molecule has 3 aromatic heterocycles. The van der Waals surface area contributed by atoms with Crippen LogP contribution in [-0.4, -0.2) is 13.7 Å². The molecule has 0 bridgehead atoms. The van der Waals surface area contributed by atoms with E-state index in [2.05, 4.69) is 175 Å². The zero-order chi connectivity index (χ0) is 36.6. The quantitative estimate of drug-likeness (QED) is 0.163. The lowest BCUT2D eigenvalue weighted by molar-refractivity contribution is 1.17. The molecule has 11 aromatic rings. The first-order valence-electron chi connectivity index (χ1n) is 18.3. The topological polar surface area (TPSA) is 23.5 Å². The summed E-state index contributed by atoms with van der Waals surface area (Å²) in [6.45, 7) is 15.9. The summed E-state index contributed by atoms with van der Waals surface area (Å²) in [4.78, 5) is 7.75. The first-order chi connectivity index (χ1) is 27.2. The van der Waals surface area contributed by atoms with Crippen LogP contribution in [0.15, 0.2) is 176 Å². The molecule has 0 radical (unpaired) electrons. The monoisotopic (exact) mass is 699 g/mol. The summed E-state index contributed by atoms with van der Waals surface area (Å²) < 4.78 is 6.97. The van der Waals surface area contributed by atoms with Gasteiger partial charge in [0.05, 0.1) is 46.4 Å². The summed E-state index contributed by atoms with van der Waals surface area (Å²) >= 11 is 0. The third-order valence-corrected chi connectivity index (χ3v) is 11.1. The van der Waals surface area contributed by atoms with Crippen LogP contribution in [0.1, 0.15) is 0 Å². The Morgan fingerprint density at radius 3 is 1.58 bits per heavy atom. The lowest BCUT2D eigenvalue weighted by atomic mass is 10.0. The van der Waals surface area contributed by atoms with E-state index >= 15 is 0 Å². The number of para-hydroxylation sites is 4. The van der Waals surface area contributed by atoms with Crippen molar-refractivity contribution in [3.63, 3.8) is 0 Å². The van der Waals surface area contributed by atoms with Crippen molar-refractivity contribution in [3.05, 3.63) is 199 Å². The van der Waals surface area contributed by atoms with Gasteiger partial charge >= 0.3 is 0 Å². The van der Waals surface area contributed by atoms with Gasteiger partial charge < -0.3 is 13.7 Å². The maximum atomic E-state index is 8.22. The highest BCUT2D eigenvalue weighted by Crippen LogP contribution is 2.42. The van der Waals surface area contributed by atoms with E-state index in [1.165, 1.54) is 27.2 Å². The number of aromatic nitrogens is 3. The minimum absolute atomic E-state index is 0.588. The molecular weight excluding hydrogens is 671 g/mol. The fraction of sp³-hybridized carbons (Fsp3) is 0. The van der Waals surface area contributed by atoms with Gasteiger partial charge in [-0.15, -0.1) is 0 Å². The summed E-state index contributed by atoms with van der Waals surface area (Å²) in [6.07, 6.45) is 0. The minimum atomic E-state index is 0.588. The first-order valence-corrected chi connectivity index (χ1v) is 18.3. The molecule has 11 rings (SSSR count). The summed E-state index contributed by atoms with van der Waals surface area (Å²) in [5.74, 6) is 0. The third kappa shape index (κ3) is 4.45. The molecule has 5 nitrogen and oxygen atoms in total. The van der Waals surface area contributed by atoms with Crippen LogP contribution in [0.5, 0.6) is 0 Å². The van der Waals surface area contributed by atoms with Gasteiger partial charge in [0.1, 0.15) is 0 Å². The number of rotatable bonds is 4. The molecule has 0 amide bonds. The van der Waals surface area contributed by atoms with Crippen molar-refractivity contribution in [2.45, 2.75) is 0 Å². The molecule has 0 spiro atoms. The van der Waals surface area contributed by atoms with Crippen molar-refractivity contribution >= 4 is 76.8 Å². The molecular formula is C50H29N5. The first kappa shape index (κ1) is 30.7. The maximum absolute atomic E-state index is 8.22. The molecule has 8 aromatic carbocycles.